The minimum absolute atomic E-state index is 0.219. The van der Waals surface area contributed by atoms with E-state index >= 15 is 0 Å². The van der Waals surface area contributed by atoms with Crippen LogP contribution in [0.15, 0.2) is 18.2 Å². The van der Waals surface area contributed by atoms with E-state index in [1.807, 2.05) is 0 Å². The highest BCUT2D eigenvalue weighted by atomic mass is 32.2. The van der Waals surface area contributed by atoms with Gasteiger partial charge in [-0.1, -0.05) is 56.4 Å². The Hall–Kier alpha value is -2.26. The van der Waals surface area contributed by atoms with Gasteiger partial charge in [0.2, 0.25) is 5.91 Å². The molecule has 9 heteroatoms. The molecule has 2 aliphatic carbocycles. The quantitative estimate of drug-likeness (QED) is 0.406. The Morgan fingerprint density at radius 2 is 1.50 bits per heavy atom. The molecule has 1 atom stereocenters. The fourth-order valence-corrected chi connectivity index (χ4v) is 5.42. The Balaban J connectivity index is 0.000000293. The summed E-state index contributed by atoms with van der Waals surface area (Å²) in [6.45, 7) is 1.48. The van der Waals surface area contributed by atoms with Crippen molar-refractivity contribution < 1.29 is 29.0 Å². The first-order valence-electron chi connectivity index (χ1n) is 13.0. The van der Waals surface area contributed by atoms with Gasteiger partial charge in [0.05, 0.1) is 14.2 Å². The molecule has 0 bridgehead atoms. The van der Waals surface area contributed by atoms with Crippen LogP contribution in [0.3, 0.4) is 0 Å². The molecule has 3 rings (SSSR count). The predicted molar refractivity (Wildman–Crippen MR) is 143 cm³/mol. The number of carbonyl (C=O) groups excluding carboxylic acids is 2. The third-order valence-electron chi connectivity index (χ3n) is 6.57. The van der Waals surface area contributed by atoms with E-state index in [1.54, 1.807) is 18.2 Å². The molecular formula is C27H42N2O6S. The van der Waals surface area contributed by atoms with Crippen molar-refractivity contribution in [1.29, 1.82) is 0 Å². The van der Waals surface area contributed by atoms with E-state index in [9.17, 15) is 14.4 Å². The lowest BCUT2D eigenvalue weighted by atomic mass is 9.91. The number of carboxylic acids is 1. The molecule has 3 N–H and O–H groups in total. The molecule has 1 amide bonds. The molecule has 8 nitrogen and oxygen atoms in total. The van der Waals surface area contributed by atoms with E-state index in [4.69, 9.17) is 14.6 Å². The number of thioether (sulfide) groups is 1. The topological polar surface area (TPSA) is 114 Å². The van der Waals surface area contributed by atoms with Crippen molar-refractivity contribution in [2.75, 3.05) is 14.2 Å². The van der Waals surface area contributed by atoms with Crippen LogP contribution in [0.4, 0.5) is 0 Å². The standard InChI is InChI=1S/C15H19NO6S.C12H23N/c1-9(17)23-13(15(19)20)7-14(18)16-8-10-4-5-11(21-2)12(6-10)22-3;1-3-7-11(8-4-1)13-12-9-5-2-6-10-12/h4-6,13H,7-8H2,1-3H3,(H,16,18)(H,19,20);11-13H,1-10H2. The van der Waals surface area contributed by atoms with Crippen molar-refractivity contribution in [2.45, 2.75) is 101 Å². The van der Waals surface area contributed by atoms with E-state index < -0.39 is 17.1 Å². The summed E-state index contributed by atoms with van der Waals surface area (Å²) in [7, 11) is 3.04. The van der Waals surface area contributed by atoms with Crippen LogP contribution in [0.2, 0.25) is 0 Å². The predicted octanol–water partition coefficient (Wildman–Crippen LogP) is 4.68. The summed E-state index contributed by atoms with van der Waals surface area (Å²) in [4.78, 5) is 33.8. The minimum atomic E-state index is -1.19. The van der Waals surface area contributed by atoms with Crippen LogP contribution < -0.4 is 20.1 Å². The first-order chi connectivity index (χ1) is 17.3. The number of carbonyl (C=O) groups is 3. The molecular weight excluding hydrogens is 480 g/mol. The average Bonchev–Trinajstić information content (AvgIpc) is 2.88. The highest BCUT2D eigenvalue weighted by Gasteiger charge is 2.23. The Morgan fingerprint density at radius 3 is 1.97 bits per heavy atom. The van der Waals surface area contributed by atoms with Crippen LogP contribution in [0, 0.1) is 0 Å². The van der Waals surface area contributed by atoms with Gasteiger partial charge in [-0.05, 0) is 43.4 Å². The summed E-state index contributed by atoms with van der Waals surface area (Å²) in [6.07, 6.45) is 14.3. The SMILES string of the molecule is C1CCC(NC2CCCCC2)CC1.COc1ccc(CNC(=O)CC(SC(C)=O)C(=O)O)cc1OC. The third kappa shape index (κ3) is 11.2. The molecule has 0 heterocycles. The normalized spacial score (nSPS) is 17.3. The van der Waals surface area contributed by atoms with Crippen LogP contribution >= 0.6 is 11.8 Å². The molecule has 0 saturated heterocycles. The van der Waals surface area contributed by atoms with Gasteiger partial charge in [0.15, 0.2) is 16.6 Å². The van der Waals surface area contributed by atoms with E-state index in [0.717, 1.165) is 17.6 Å². The van der Waals surface area contributed by atoms with Gasteiger partial charge in [-0.15, -0.1) is 0 Å². The molecule has 202 valence electrons. The molecule has 1 aromatic carbocycles. The molecule has 36 heavy (non-hydrogen) atoms. The maximum atomic E-state index is 11.8. The maximum absolute atomic E-state index is 11.8. The van der Waals surface area contributed by atoms with Crippen molar-refractivity contribution in [3.8, 4) is 11.5 Å². The van der Waals surface area contributed by atoms with Crippen molar-refractivity contribution in [2.24, 2.45) is 0 Å². The first kappa shape index (κ1) is 30.0. The summed E-state index contributed by atoms with van der Waals surface area (Å²) in [5, 5.41) is 14.1. The van der Waals surface area contributed by atoms with Gasteiger partial charge in [0.25, 0.3) is 0 Å². The van der Waals surface area contributed by atoms with Crippen molar-refractivity contribution >= 4 is 28.8 Å². The number of rotatable bonds is 10. The van der Waals surface area contributed by atoms with Crippen LogP contribution in [0.5, 0.6) is 11.5 Å². The summed E-state index contributed by atoms with van der Waals surface area (Å²) in [5.74, 6) is -0.520. The number of nitrogens with one attached hydrogen (secondary N) is 2. The van der Waals surface area contributed by atoms with Crippen molar-refractivity contribution in [1.82, 2.24) is 10.6 Å². The third-order valence-corrected chi connectivity index (χ3v) is 7.56. The molecule has 0 aliphatic heterocycles. The number of methoxy groups -OCH3 is 2. The molecule has 0 spiro atoms. The van der Waals surface area contributed by atoms with Gasteiger partial charge in [0.1, 0.15) is 5.25 Å². The summed E-state index contributed by atoms with van der Waals surface area (Å²) >= 11 is 0.633. The highest BCUT2D eigenvalue weighted by Crippen LogP contribution is 2.27. The lowest BCUT2D eigenvalue weighted by molar-refractivity contribution is -0.138. The fraction of sp³-hybridized carbons (Fsp3) is 0.667. The summed E-state index contributed by atoms with van der Waals surface area (Å²) in [6, 6.07) is 6.94. The first-order valence-corrected chi connectivity index (χ1v) is 13.8. The Morgan fingerprint density at radius 1 is 0.944 bits per heavy atom. The highest BCUT2D eigenvalue weighted by molar-refractivity contribution is 8.14. The van der Waals surface area contributed by atoms with Gasteiger partial charge >= 0.3 is 5.97 Å². The number of ether oxygens (including phenoxy) is 2. The van der Waals surface area contributed by atoms with E-state index in [2.05, 4.69) is 10.6 Å². The lowest BCUT2D eigenvalue weighted by Crippen LogP contribution is -2.40. The summed E-state index contributed by atoms with van der Waals surface area (Å²) < 4.78 is 10.3. The largest absolute Gasteiger partial charge is 0.493 e. The average molecular weight is 523 g/mol. The van der Waals surface area contributed by atoms with Gasteiger partial charge in [-0.2, -0.15) is 0 Å². The van der Waals surface area contributed by atoms with Gasteiger partial charge in [-0.25, -0.2) is 0 Å². The Labute approximate surface area is 219 Å². The van der Waals surface area contributed by atoms with Gasteiger partial charge in [-0.3, -0.25) is 14.4 Å². The van der Waals surface area contributed by atoms with Crippen LogP contribution in [-0.4, -0.2) is 53.7 Å². The second-order valence-electron chi connectivity index (χ2n) is 9.44. The maximum Gasteiger partial charge on any atom is 0.317 e. The number of carboxylic acid groups (broad SMARTS) is 1. The smallest absolute Gasteiger partial charge is 0.317 e. The van der Waals surface area contributed by atoms with Gasteiger partial charge < -0.3 is 25.2 Å². The second-order valence-corrected chi connectivity index (χ2v) is 10.8. The number of hydrogen-bond donors (Lipinski definition) is 3. The Kier molecular flexibility index (Phi) is 13.7. The van der Waals surface area contributed by atoms with Gasteiger partial charge in [0, 0.05) is 32.0 Å². The molecule has 2 aliphatic rings. The van der Waals surface area contributed by atoms with E-state index in [0.29, 0.717) is 23.3 Å². The molecule has 1 unspecified atom stereocenters. The van der Waals surface area contributed by atoms with Crippen LogP contribution in [0.1, 0.15) is 83.1 Å². The van der Waals surface area contributed by atoms with Crippen molar-refractivity contribution in [3.05, 3.63) is 23.8 Å². The zero-order chi connectivity index (χ0) is 26.3. The number of aliphatic carboxylic acids is 1. The number of benzene rings is 1. The van der Waals surface area contributed by atoms with Crippen LogP contribution in [0.25, 0.3) is 0 Å². The number of hydrogen-bond acceptors (Lipinski definition) is 7. The zero-order valence-corrected chi connectivity index (χ0v) is 22.7. The zero-order valence-electron chi connectivity index (χ0n) is 21.8. The van der Waals surface area contributed by atoms with E-state index in [1.165, 1.54) is 85.4 Å². The molecule has 2 fully saturated rings. The van der Waals surface area contributed by atoms with Crippen LogP contribution in [-0.2, 0) is 20.9 Å². The number of amides is 1. The monoisotopic (exact) mass is 522 g/mol. The molecule has 2 saturated carbocycles. The fourth-order valence-electron chi connectivity index (χ4n) is 4.68. The molecule has 0 radical (unpaired) electrons. The summed E-state index contributed by atoms with van der Waals surface area (Å²) in [5.41, 5.74) is 0.780. The molecule has 1 aromatic rings. The van der Waals surface area contributed by atoms with E-state index in [-0.39, 0.29) is 18.1 Å². The van der Waals surface area contributed by atoms with Crippen molar-refractivity contribution in [3.63, 3.8) is 0 Å². The lowest BCUT2D eigenvalue weighted by Gasteiger charge is -2.30. The Bertz CT molecular complexity index is 822. The minimum Gasteiger partial charge on any atom is -0.493 e. The molecule has 0 aromatic heterocycles. The second kappa shape index (κ2) is 16.5.